The monoisotopic (exact) mass is 183 g/mol. The maximum absolute atomic E-state index is 5.62. The van der Waals surface area contributed by atoms with Crippen LogP contribution < -0.4 is 57.1 Å². The number of nitrogens with two attached hydrogens (primary N) is 1. The third-order valence-electron chi connectivity index (χ3n) is 1.77. The van der Waals surface area contributed by atoms with Gasteiger partial charge < -0.3 is 7.16 Å². The first-order valence-electron chi connectivity index (χ1n) is 3.60. The Morgan fingerprint density at radius 2 is 1.58 bits per heavy atom. The van der Waals surface area contributed by atoms with Crippen LogP contribution >= 0.6 is 0 Å². The molecule has 0 radical (unpaired) electrons. The number of rotatable bonds is 0. The maximum atomic E-state index is 5.62. The molecule has 0 spiro atoms. The number of hydrogen-bond donors (Lipinski definition) is 1. The molecule has 0 aliphatic rings. The van der Waals surface area contributed by atoms with Gasteiger partial charge in [0.1, 0.15) is 0 Å². The van der Waals surface area contributed by atoms with Gasteiger partial charge in [-0.15, -0.1) is 0 Å². The van der Waals surface area contributed by atoms with Gasteiger partial charge in [0.15, 0.2) is 0 Å². The van der Waals surface area contributed by atoms with E-state index in [4.69, 9.17) is 5.73 Å². The molecule has 2 N–H and O–H groups in total. The second-order valence-electron chi connectivity index (χ2n) is 2.61. The minimum absolute atomic E-state index is 0. The van der Waals surface area contributed by atoms with Crippen molar-refractivity contribution in [1.82, 2.24) is 0 Å². The van der Waals surface area contributed by atoms with Gasteiger partial charge >= 0.3 is 51.4 Å². The van der Waals surface area contributed by atoms with Crippen LogP contribution in [0.4, 0.5) is 5.69 Å². The zero-order valence-electron chi connectivity index (χ0n) is 8.12. The summed E-state index contributed by atoms with van der Waals surface area (Å²) in [6.07, 6.45) is 0. The summed E-state index contributed by atoms with van der Waals surface area (Å²) in [6.45, 7) is 0. The normalized spacial score (nSPS) is 9.33. The fourth-order valence-corrected chi connectivity index (χ4v) is 1.21. The Kier molecular flexibility index (Phi) is 3.74. The molecule has 0 aromatic heterocycles. The van der Waals surface area contributed by atoms with Crippen molar-refractivity contribution in [1.29, 1.82) is 0 Å². The van der Waals surface area contributed by atoms with E-state index in [0.717, 1.165) is 5.69 Å². The summed E-state index contributed by atoms with van der Waals surface area (Å²) >= 11 is 0. The molecule has 0 saturated carbocycles. The molecule has 0 bridgehead atoms. The van der Waals surface area contributed by atoms with E-state index in [1.165, 1.54) is 10.8 Å². The van der Waals surface area contributed by atoms with Crippen molar-refractivity contribution in [2.75, 3.05) is 5.73 Å². The molecule has 56 valence electrons. The largest absolute Gasteiger partial charge is 1.00 e. The molecule has 0 heterocycles. The van der Waals surface area contributed by atoms with Gasteiger partial charge in [-0.3, -0.25) is 0 Å². The molecule has 0 unspecified atom stereocenters. The molecule has 0 saturated heterocycles. The molecule has 2 aromatic rings. The molecule has 12 heavy (non-hydrogen) atoms. The van der Waals surface area contributed by atoms with Crippen LogP contribution in [0.25, 0.3) is 10.8 Å². The molecular formula is C10H10KN. The summed E-state index contributed by atoms with van der Waals surface area (Å²) in [4.78, 5) is 0. The summed E-state index contributed by atoms with van der Waals surface area (Å²) in [6, 6.07) is 14.1. The molecule has 0 amide bonds. The summed E-state index contributed by atoms with van der Waals surface area (Å²) < 4.78 is 0. The van der Waals surface area contributed by atoms with Crippen LogP contribution in [-0.2, 0) is 0 Å². The van der Waals surface area contributed by atoms with E-state index in [-0.39, 0.29) is 52.8 Å². The minimum Gasteiger partial charge on any atom is -1.00 e. The van der Waals surface area contributed by atoms with E-state index in [1.54, 1.807) is 0 Å². The smallest absolute Gasteiger partial charge is 1.00 e. The first-order chi connectivity index (χ1) is 5.36. The Morgan fingerprint density at radius 3 is 2.33 bits per heavy atom. The third-order valence-corrected chi connectivity index (χ3v) is 1.77. The van der Waals surface area contributed by atoms with E-state index in [0.29, 0.717) is 0 Å². The van der Waals surface area contributed by atoms with E-state index >= 15 is 0 Å². The van der Waals surface area contributed by atoms with Crippen LogP contribution in [0.15, 0.2) is 42.5 Å². The number of fused-ring (bicyclic) bond motifs is 1. The van der Waals surface area contributed by atoms with Crippen LogP contribution in [0.2, 0.25) is 0 Å². The molecule has 2 aromatic carbocycles. The topological polar surface area (TPSA) is 26.0 Å². The average Bonchev–Trinajstić information content (AvgIpc) is 2.04. The van der Waals surface area contributed by atoms with Gasteiger partial charge in [-0.25, -0.2) is 0 Å². The van der Waals surface area contributed by atoms with Crippen molar-refractivity contribution in [2.24, 2.45) is 0 Å². The van der Waals surface area contributed by atoms with Gasteiger partial charge in [-0.1, -0.05) is 30.3 Å². The molecule has 1 nitrogen and oxygen atoms in total. The van der Waals surface area contributed by atoms with E-state index in [9.17, 15) is 0 Å². The number of benzene rings is 2. The van der Waals surface area contributed by atoms with Gasteiger partial charge in [0.05, 0.1) is 0 Å². The molecular weight excluding hydrogens is 173 g/mol. The summed E-state index contributed by atoms with van der Waals surface area (Å²) in [5, 5.41) is 2.44. The zero-order chi connectivity index (χ0) is 7.68. The zero-order valence-corrected chi connectivity index (χ0v) is 10.2. The van der Waals surface area contributed by atoms with Gasteiger partial charge in [0.25, 0.3) is 0 Å². The number of nitrogen functional groups attached to an aromatic ring is 1. The Morgan fingerprint density at radius 1 is 0.917 bits per heavy atom. The van der Waals surface area contributed by atoms with Gasteiger partial charge in [0, 0.05) is 5.69 Å². The van der Waals surface area contributed by atoms with E-state index in [1.807, 2.05) is 30.3 Å². The van der Waals surface area contributed by atoms with Crippen molar-refractivity contribution in [3.05, 3.63) is 42.5 Å². The van der Waals surface area contributed by atoms with Crippen LogP contribution in [0.3, 0.4) is 0 Å². The first kappa shape index (κ1) is 10.2. The second kappa shape index (κ2) is 4.39. The molecule has 0 aliphatic heterocycles. The van der Waals surface area contributed by atoms with Crippen LogP contribution in [-0.4, -0.2) is 0 Å². The predicted octanol–water partition coefficient (Wildman–Crippen LogP) is -0.462. The third kappa shape index (κ3) is 2.09. The Balaban J connectivity index is 0.000000720. The van der Waals surface area contributed by atoms with Crippen molar-refractivity contribution < 1.29 is 52.8 Å². The quantitative estimate of drug-likeness (QED) is 0.434. The Hall–Kier alpha value is 0.136. The number of hydrogen-bond acceptors (Lipinski definition) is 1. The van der Waals surface area contributed by atoms with E-state index < -0.39 is 0 Å². The fraction of sp³-hybridized carbons (Fsp3) is 0. The summed E-state index contributed by atoms with van der Waals surface area (Å²) in [5.41, 5.74) is 6.45. The summed E-state index contributed by atoms with van der Waals surface area (Å²) in [5.74, 6) is 0. The fourth-order valence-electron chi connectivity index (χ4n) is 1.21. The van der Waals surface area contributed by atoms with Crippen molar-refractivity contribution in [3.63, 3.8) is 0 Å². The predicted molar refractivity (Wildman–Crippen MR) is 49.5 cm³/mol. The summed E-state index contributed by atoms with van der Waals surface area (Å²) in [7, 11) is 0. The van der Waals surface area contributed by atoms with Gasteiger partial charge in [-0.2, -0.15) is 0 Å². The first-order valence-corrected chi connectivity index (χ1v) is 3.60. The molecule has 2 rings (SSSR count). The van der Waals surface area contributed by atoms with Gasteiger partial charge in [0.2, 0.25) is 0 Å². The van der Waals surface area contributed by atoms with Crippen molar-refractivity contribution in [3.8, 4) is 0 Å². The maximum Gasteiger partial charge on any atom is 1.00 e. The SMILES string of the molecule is Nc1ccc2ccccc2c1.[H-].[K+]. The van der Waals surface area contributed by atoms with Crippen LogP contribution in [0.5, 0.6) is 0 Å². The molecule has 0 aliphatic carbocycles. The van der Waals surface area contributed by atoms with Gasteiger partial charge in [-0.05, 0) is 22.9 Å². The Labute approximate surface area is 116 Å². The molecule has 2 heteroatoms. The van der Waals surface area contributed by atoms with Crippen molar-refractivity contribution >= 4 is 16.5 Å². The minimum atomic E-state index is 0. The van der Waals surface area contributed by atoms with Crippen LogP contribution in [0, 0.1) is 0 Å². The Bertz CT molecular complexity index is 389. The molecule has 0 fully saturated rings. The van der Waals surface area contributed by atoms with Crippen molar-refractivity contribution in [2.45, 2.75) is 0 Å². The number of anilines is 1. The van der Waals surface area contributed by atoms with Crippen LogP contribution in [0.1, 0.15) is 1.43 Å². The second-order valence-corrected chi connectivity index (χ2v) is 2.61. The average molecular weight is 183 g/mol. The molecule has 0 atom stereocenters. The van der Waals surface area contributed by atoms with E-state index in [2.05, 4.69) is 12.1 Å². The standard InChI is InChI=1S/C10H9N.K.H/c11-10-6-5-8-3-1-2-4-9(8)7-10;;/h1-7H,11H2;;/q;+1;-1.